The van der Waals surface area contributed by atoms with Crippen molar-refractivity contribution in [2.45, 2.75) is 19.9 Å². The summed E-state index contributed by atoms with van der Waals surface area (Å²) in [4.78, 5) is 24.9. The molecule has 0 spiro atoms. The largest absolute Gasteiger partial charge is 0.467 e. The van der Waals surface area contributed by atoms with E-state index in [0.717, 1.165) is 12.1 Å². The molecule has 0 bridgehead atoms. The average Bonchev–Trinajstić information content (AvgIpc) is 3.00. The van der Waals surface area contributed by atoms with Crippen LogP contribution in [0, 0.1) is 11.6 Å². The fraction of sp³-hybridized carbons (Fsp3) is 0.250. The van der Waals surface area contributed by atoms with Gasteiger partial charge in [-0.15, -0.1) is 0 Å². The number of carbonyl (C=O) groups is 2. The highest BCUT2D eigenvalue weighted by Crippen LogP contribution is 2.13. The van der Waals surface area contributed by atoms with E-state index in [2.05, 4.69) is 5.32 Å². The number of nitrogens with zero attached hydrogens (tertiary/aromatic N) is 1. The lowest BCUT2D eigenvalue weighted by Crippen LogP contribution is -2.31. The van der Waals surface area contributed by atoms with E-state index >= 15 is 0 Å². The smallest absolute Gasteiger partial charge is 0.226 e. The molecule has 7 heteroatoms. The van der Waals surface area contributed by atoms with Crippen molar-refractivity contribution in [3.8, 4) is 0 Å². The Kier molecular flexibility index (Phi) is 5.46. The van der Waals surface area contributed by atoms with Crippen LogP contribution < -0.4 is 5.32 Å². The number of nitrogens with one attached hydrogen (secondary N) is 1. The normalized spacial score (nSPS) is 10.4. The van der Waals surface area contributed by atoms with Crippen LogP contribution in [-0.2, 0) is 16.1 Å². The van der Waals surface area contributed by atoms with Crippen LogP contribution in [0.25, 0.3) is 0 Å². The number of carbonyl (C=O) groups excluding carboxylic acids is 2. The number of anilines is 1. The van der Waals surface area contributed by atoms with Gasteiger partial charge in [-0.05, 0) is 24.3 Å². The average molecular weight is 322 g/mol. The lowest BCUT2D eigenvalue weighted by molar-refractivity contribution is -0.130. The van der Waals surface area contributed by atoms with Crippen molar-refractivity contribution in [2.75, 3.05) is 11.9 Å². The van der Waals surface area contributed by atoms with Crippen molar-refractivity contribution in [3.05, 3.63) is 54.0 Å². The number of hydrogen-bond donors (Lipinski definition) is 1. The highest BCUT2D eigenvalue weighted by molar-refractivity contribution is 5.91. The van der Waals surface area contributed by atoms with E-state index in [4.69, 9.17) is 4.42 Å². The summed E-state index contributed by atoms with van der Waals surface area (Å²) in [5.41, 5.74) is 0.161. The van der Waals surface area contributed by atoms with E-state index in [1.165, 1.54) is 24.2 Å². The molecule has 1 aromatic heterocycles. The van der Waals surface area contributed by atoms with Gasteiger partial charge in [-0.2, -0.15) is 0 Å². The first kappa shape index (κ1) is 16.7. The number of hydrogen-bond acceptors (Lipinski definition) is 3. The molecule has 0 saturated heterocycles. The van der Waals surface area contributed by atoms with E-state index in [-0.39, 0.29) is 31.1 Å². The number of rotatable bonds is 6. The molecule has 0 aliphatic carbocycles. The van der Waals surface area contributed by atoms with Gasteiger partial charge in [-0.3, -0.25) is 9.59 Å². The molecule has 5 nitrogen and oxygen atoms in total. The van der Waals surface area contributed by atoms with Crippen LogP contribution in [0.3, 0.4) is 0 Å². The zero-order valence-corrected chi connectivity index (χ0v) is 12.5. The van der Waals surface area contributed by atoms with Gasteiger partial charge in [0.05, 0.1) is 12.8 Å². The second-order valence-electron chi connectivity index (χ2n) is 4.95. The summed E-state index contributed by atoms with van der Waals surface area (Å²) in [7, 11) is 0. The van der Waals surface area contributed by atoms with E-state index in [1.807, 2.05) is 0 Å². The minimum atomic E-state index is -1.04. The van der Waals surface area contributed by atoms with Crippen LogP contribution in [-0.4, -0.2) is 23.3 Å². The minimum absolute atomic E-state index is 0.0271. The minimum Gasteiger partial charge on any atom is -0.467 e. The number of furan rings is 1. The van der Waals surface area contributed by atoms with Gasteiger partial charge < -0.3 is 14.6 Å². The highest BCUT2D eigenvalue weighted by atomic mass is 19.2. The molecule has 23 heavy (non-hydrogen) atoms. The molecule has 1 heterocycles. The molecule has 122 valence electrons. The third-order valence-corrected chi connectivity index (χ3v) is 3.18. The Morgan fingerprint density at radius 3 is 2.61 bits per heavy atom. The Bertz CT molecular complexity index is 687. The molecule has 1 N–H and O–H groups in total. The fourth-order valence-corrected chi connectivity index (χ4v) is 1.97. The molecule has 1 aromatic carbocycles. The van der Waals surface area contributed by atoms with Gasteiger partial charge in [0, 0.05) is 31.6 Å². The topological polar surface area (TPSA) is 62.6 Å². The Morgan fingerprint density at radius 2 is 2.00 bits per heavy atom. The zero-order chi connectivity index (χ0) is 16.8. The Labute approximate surface area is 131 Å². The lowest BCUT2D eigenvalue weighted by atomic mass is 10.2. The van der Waals surface area contributed by atoms with E-state index < -0.39 is 17.5 Å². The molecule has 0 radical (unpaired) electrons. The summed E-state index contributed by atoms with van der Waals surface area (Å²) < 4.78 is 31.1. The van der Waals surface area contributed by atoms with Gasteiger partial charge >= 0.3 is 0 Å². The molecule has 0 saturated carbocycles. The first-order chi connectivity index (χ1) is 11.0. The van der Waals surface area contributed by atoms with Crippen LogP contribution in [0.2, 0.25) is 0 Å². The maximum atomic E-state index is 13.1. The maximum Gasteiger partial charge on any atom is 0.226 e. The summed E-state index contributed by atoms with van der Waals surface area (Å²) in [5, 5.41) is 2.46. The fourth-order valence-electron chi connectivity index (χ4n) is 1.97. The first-order valence-electron chi connectivity index (χ1n) is 6.98. The van der Waals surface area contributed by atoms with Crippen molar-refractivity contribution in [2.24, 2.45) is 0 Å². The van der Waals surface area contributed by atoms with Crippen molar-refractivity contribution in [1.29, 1.82) is 0 Å². The van der Waals surface area contributed by atoms with Gasteiger partial charge in [0.1, 0.15) is 5.76 Å². The Balaban J connectivity index is 1.88. The van der Waals surface area contributed by atoms with Crippen LogP contribution in [0.1, 0.15) is 19.1 Å². The van der Waals surface area contributed by atoms with Crippen molar-refractivity contribution in [1.82, 2.24) is 4.90 Å². The summed E-state index contributed by atoms with van der Waals surface area (Å²) in [6.45, 7) is 1.85. The van der Waals surface area contributed by atoms with Crippen LogP contribution in [0.15, 0.2) is 41.0 Å². The third kappa shape index (κ3) is 4.91. The van der Waals surface area contributed by atoms with E-state index in [0.29, 0.717) is 5.76 Å². The summed E-state index contributed by atoms with van der Waals surface area (Å²) in [5.74, 6) is -2.00. The van der Waals surface area contributed by atoms with Gasteiger partial charge in [0.2, 0.25) is 11.8 Å². The molecular formula is C16H16F2N2O3. The van der Waals surface area contributed by atoms with Crippen LogP contribution >= 0.6 is 0 Å². The quantitative estimate of drug-likeness (QED) is 0.889. The number of halogens is 2. The summed E-state index contributed by atoms with van der Waals surface area (Å²) >= 11 is 0. The predicted octanol–water partition coefficient (Wildman–Crippen LogP) is 2.94. The molecule has 0 fully saturated rings. The predicted molar refractivity (Wildman–Crippen MR) is 79.4 cm³/mol. The van der Waals surface area contributed by atoms with E-state index in [1.54, 1.807) is 12.1 Å². The summed E-state index contributed by atoms with van der Waals surface area (Å²) in [6.07, 6.45) is 1.53. The molecular weight excluding hydrogens is 306 g/mol. The maximum absolute atomic E-state index is 13.1. The molecule has 2 rings (SSSR count). The highest BCUT2D eigenvalue weighted by Gasteiger charge is 2.13. The van der Waals surface area contributed by atoms with Gasteiger partial charge in [0.25, 0.3) is 0 Å². The van der Waals surface area contributed by atoms with Crippen LogP contribution in [0.5, 0.6) is 0 Å². The number of amides is 2. The number of benzene rings is 1. The third-order valence-electron chi connectivity index (χ3n) is 3.18. The second kappa shape index (κ2) is 7.53. The van der Waals surface area contributed by atoms with E-state index in [9.17, 15) is 18.4 Å². The van der Waals surface area contributed by atoms with Gasteiger partial charge in [-0.25, -0.2) is 8.78 Å². The summed E-state index contributed by atoms with van der Waals surface area (Å²) in [6, 6.07) is 6.55. The van der Waals surface area contributed by atoms with Gasteiger partial charge in [-0.1, -0.05) is 0 Å². The second-order valence-corrected chi connectivity index (χ2v) is 4.95. The molecule has 0 aliphatic heterocycles. The standard InChI is InChI=1S/C16H16F2N2O3/c1-11(21)20(10-13-3-2-8-23-13)7-6-16(22)19-12-4-5-14(17)15(18)9-12/h2-5,8-9H,6-7,10H2,1H3,(H,19,22). The first-order valence-corrected chi connectivity index (χ1v) is 6.98. The molecule has 0 aliphatic rings. The van der Waals surface area contributed by atoms with Crippen molar-refractivity contribution >= 4 is 17.5 Å². The molecule has 0 unspecified atom stereocenters. The molecule has 2 amide bonds. The van der Waals surface area contributed by atoms with Gasteiger partial charge in [0.15, 0.2) is 11.6 Å². The molecule has 0 atom stereocenters. The lowest BCUT2D eigenvalue weighted by Gasteiger charge is -2.19. The monoisotopic (exact) mass is 322 g/mol. The Hall–Kier alpha value is -2.70. The van der Waals surface area contributed by atoms with Crippen LogP contribution in [0.4, 0.5) is 14.5 Å². The molecule has 2 aromatic rings. The zero-order valence-electron chi connectivity index (χ0n) is 12.5. The Morgan fingerprint density at radius 1 is 1.22 bits per heavy atom. The van der Waals surface area contributed by atoms with Crippen molar-refractivity contribution in [3.63, 3.8) is 0 Å². The van der Waals surface area contributed by atoms with Crippen molar-refractivity contribution < 1.29 is 22.8 Å². The SMILES string of the molecule is CC(=O)N(CCC(=O)Nc1ccc(F)c(F)c1)Cc1ccco1.